The number of hydrogen-bond acceptors (Lipinski definition) is 5. The van der Waals surface area contributed by atoms with E-state index in [0.29, 0.717) is 18.8 Å². The third-order valence-corrected chi connectivity index (χ3v) is 4.09. The van der Waals surface area contributed by atoms with Gasteiger partial charge < -0.3 is 5.32 Å². The monoisotopic (exact) mass is 313 g/mol. The molecule has 3 aromatic heterocycles. The van der Waals surface area contributed by atoms with Gasteiger partial charge in [0.15, 0.2) is 5.82 Å². The highest BCUT2D eigenvalue weighted by molar-refractivity contribution is 7.09. The highest BCUT2D eigenvalue weighted by atomic mass is 32.1. The minimum absolute atomic E-state index is 0.0294. The van der Waals surface area contributed by atoms with E-state index in [1.54, 1.807) is 28.5 Å². The molecule has 0 aromatic carbocycles. The lowest BCUT2D eigenvalue weighted by Crippen LogP contribution is -2.24. The van der Waals surface area contributed by atoms with Crippen molar-refractivity contribution in [3.05, 3.63) is 58.9 Å². The number of thiophene rings is 1. The zero-order chi connectivity index (χ0) is 15.2. The molecule has 0 spiro atoms. The fourth-order valence-corrected chi connectivity index (χ4v) is 2.77. The van der Waals surface area contributed by atoms with E-state index in [-0.39, 0.29) is 5.91 Å². The molecule has 1 N–H and O–H groups in total. The molecule has 0 radical (unpaired) electrons. The van der Waals surface area contributed by atoms with Gasteiger partial charge in [0.25, 0.3) is 0 Å². The number of nitrogens with one attached hydrogen (secondary N) is 1. The van der Waals surface area contributed by atoms with Gasteiger partial charge in [0.1, 0.15) is 12.7 Å². The molecular weight excluding hydrogens is 298 g/mol. The highest BCUT2D eigenvalue weighted by Crippen LogP contribution is 2.12. The van der Waals surface area contributed by atoms with E-state index in [0.717, 1.165) is 12.0 Å². The highest BCUT2D eigenvalue weighted by Gasteiger charge is 2.08. The molecule has 3 aromatic rings. The number of carbonyl (C=O) groups is 1. The summed E-state index contributed by atoms with van der Waals surface area (Å²) in [6, 6.07) is 7.80. The van der Waals surface area contributed by atoms with E-state index < -0.39 is 0 Å². The second kappa shape index (κ2) is 6.95. The normalized spacial score (nSPS) is 10.5. The number of hydrogen-bond donors (Lipinski definition) is 1. The minimum atomic E-state index is 0.0294. The lowest BCUT2D eigenvalue weighted by molar-refractivity contribution is -0.121. The van der Waals surface area contributed by atoms with Crippen molar-refractivity contribution in [3.8, 4) is 5.82 Å². The molecule has 0 fully saturated rings. The van der Waals surface area contributed by atoms with Gasteiger partial charge in [-0.3, -0.25) is 4.79 Å². The van der Waals surface area contributed by atoms with Crippen molar-refractivity contribution in [3.63, 3.8) is 0 Å². The lowest BCUT2D eigenvalue weighted by atomic mass is 10.2. The summed E-state index contributed by atoms with van der Waals surface area (Å²) in [5.74, 6) is 0.709. The zero-order valence-electron chi connectivity index (χ0n) is 11.8. The Hall–Kier alpha value is -2.54. The summed E-state index contributed by atoms with van der Waals surface area (Å²) in [7, 11) is 0. The number of aromatic nitrogens is 4. The molecular formula is C15H15N5OS. The second-order valence-electron chi connectivity index (χ2n) is 4.68. The van der Waals surface area contributed by atoms with Gasteiger partial charge in [-0.2, -0.15) is 5.10 Å². The molecule has 22 heavy (non-hydrogen) atoms. The lowest BCUT2D eigenvalue weighted by Gasteiger charge is -2.09. The van der Waals surface area contributed by atoms with Crippen LogP contribution in [-0.2, 0) is 17.8 Å². The largest absolute Gasteiger partial charge is 0.352 e. The van der Waals surface area contributed by atoms with Crippen LogP contribution < -0.4 is 5.32 Å². The smallest absolute Gasteiger partial charge is 0.220 e. The first kappa shape index (κ1) is 14.4. The Morgan fingerprint density at radius 2 is 2.27 bits per heavy atom. The zero-order valence-corrected chi connectivity index (χ0v) is 12.7. The molecule has 6 nitrogen and oxygen atoms in total. The molecule has 7 heteroatoms. The number of aryl methyl sites for hydroxylation is 1. The van der Waals surface area contributed by atoms with Crippen molar-refractivity contribution in [1.82, 2.24) is 25.1 Å². The minimum Gasteiger partial charge on any atom is -0.352 e. The molecule has 112 valence electrons. The first-order valence-electron chi connectivity index (χ1n) is 6.91. The van der Waals surface area contributed by atoms with Crippen LogP contribution in [0.25, 0.3) is 5.82 Å². The second-order valence-corrected chi connectivity index (χ2v) is 5.71. The number of rotatable bonds is 6. The van der Waals surface area contributed by atoms with E-state index in [1.807, 2.05) is 29.6 Å². The molecule has 0 bridgehead atoms. The van der Waals surface area contributed by atoms with Gasteiger partial charge in [-0.15, -0.1) is 11.3 Å². The first-order chi connectivity index (χ1) is 10.8. The van der Waals surface area contributed by atoms with Gasteiger partial charge in [-0.1, -0.05) is 12.1 Å². The summed E-state index contributed by atoms with van der Waals surface area (Å²) in [6.07, 6.45) is 5.99. The Kier molecular flexibility index (Phi) is 4.55. The van der Waals surface area contributed by atoms with Crippen molar-refractivity contribution in [2.75, 3.05) is 0 Å². The van der Waals surface area contributed by atoms with Crippen molar-refractivity contribution in [2.24, 2.45) is 0 Å². The molecule has 3 rings (SSSR count). The van der Waals surface area contributed by atoms with Gasteiger partial charge in [0.05, 0.1) is 0 Å². The average Bonchev–Trinajstić information content (AvgIpc) is 3.24. The fraction of sp³-hybridized carbons (Fsp3) is 0.200. The standard InChI is InChI=1S/C15H15N5OS/c21-14(6-5-13-4-2-8-22-13)18-9-12-3-1-7-17-15(12)20-11-16-10-19-20/h1-4,7-8,10-11H,5-6,9H2,(H,18,21). The predicted molar refractivity (Wildman–Crippen MR) is 83.6 cm³/mol. The predicted octanol–water partition coefficient (Wildman–Crippen LogP) is 1.97. The van der Waals surface area contributed by atoms with Crippen LogP contribution in [0.1, 0.15) is 16.9 Å². The topological polar surface area (TPSA) is 72.7 Å². The van der Waals surface area contributed by atoms with Crippen LogP contribution >= 0.6 is 11.3 Å². The summed E-state index contributed by atoms with van der Waals surface area (Å²) >= 11 is 1.67. The van der Waals surface area contributed by atoms with E-state index in [1.165, 1.54) is 11.2 Å². The van der Waals surface area contributed by atoms with Crippen LogP contribution in [0.15, 0.2) is 48.5 Å². The third-order valence-electron chi connectivity index (χ3n) is 3.16. The molecule has 0 aliphatic carbocycles. The van der Waals surface area contributed by atoms with Crippen molar-refractivity contribution in [1.29, 1.82) is 0 Å². The third kappa shape index (κ3) is 3.56. The van der Waals surface area contributed by atoms with Crippen molar-refractivity contribution >= 4 is 17.2 Å². The van der Waals surface area contributed by atoms with Crippen LogP contribution in [0.3, 0.4) is 0 Å². The maximum atomic E-state index is 11.9. The van der Waals surface area contributed by atoms with Gasteiger partial charge >= 0.3 is 0 Å². The Labute approximate surface area is 131 Å². The Morgan fingerprint density at radius 3 is 3.05 bits per heavy atom. The molecule has 1 amide bonds. The van der Waals surface area contributed by atoms with Crippen LogP contribution in [-0.4, -0.2) is 25.7 Å². The molecule has 0 aliphatic rings. The summed E-state index contributed by atoms with van der Waals surface area (Å²) in [4.78, 5) is 21.4. The maximum absolute atomic E-state index is 11.9. The van der Waals surface area contributed by atoms with Crippen LogP contribution in [0.5, 0.6) is 0 Å². The first-order valence-corrected chi connectivity index (χ1v) is 7.79. The molecule has 0 saturated carbocycles. The van der Waals surface area contributed by atoms with Crippen LogP contribution in [0.4, 0.5) is 0 Å². The number of pyridine rings is 1. The SMILES string of the molecule is O=C(CCc1cccs1)NCc1cccnc1-n1cncn1. The average molecular weight is 313 g/mol. The summed E-state index contributed by atoms with van der Waals surface area (Å²) in [6.45, 7) is 0.423. The Balaban J connectivity index is 1.58. The fourth-order valence-electron chi connectivity index (χ4n) is 2.07. The molecule has 0 aliphatic heterocycles. The molecule has 0 atom stereocenters. The van der Waals surface area contributed by atoms with Crippen molar-refractivity contribution in [2.45, 2.75) is 19.4 Å². The van der Waals surface area contributed by atoms with Gasteiger partial charge in [-0.05, 0) is 23.9 Å². The van der Waals surface area contributed by atoms with Crippen LogP contribution in [0, 0.1) is 0 Å². The number of carbonyl (C=O) groups excluding carboxylic acids is 1. The molecule has 0 unspecified atom stereocenters. The van der Waals surface area contributed by atoms with Gasteiger partial charge in [0.2, 0.25) is 5.91 Å². The molecule has 0 saturated heterocycles. The number of amides is 1. The quantitative estimate of drug-likeness (QED) is 0.755. The van der Waals surface area contributed by atoms with E-state index in [9.17, 15) is 4.79 Å². The maximum Gasteiger partial charge on any atom is 0.220 e. The van der Waals surface area contributed by atoms with Gasteiger partial charge in [0, 0.05) is 29.6 Å². The Bertz CT molecular complexity index is 724. The van der Waals surface area contributed by atoms with Crippen LogP contribution in [0.2, 0.25) is 0 Å². The number of nitrogens with zero attached hydrogens (tertiary/aromatic N) is 4. The Morgan fingerprint density at radius 1 is 1.32 bits per heavy atom. The summed E-state index contributed by atoms with van der Waals surface area (Å²) in [5, 5.41) is 9.03. The van der Waals surface area contributed by atoms with Gasteiger partial charge in [-0.25, -0.2) is 14.6 Å². The summed E-state index contributed by atoms with van der Waals surface area (Å²) in [5.41, 5.74) is 0.900. The van der Waals surface area contributed by atoms with E-state index in [4.69, 9.17) is 0 Å². The van der Waals surface area contributed by atoms with E-state index >= 15 is 0 Å². The molecule has 3 heterocycles. The summed E-state index contributed by atoms with van der Waals surface area (Å²) < 4.78 is 1.59. The van der Waals surface area contributed by atoms with E-state index in [2.05, 4.69) is 20.4 Å². The van der Waals surface area contributed by atoms with Crippen molar-refractivity contribution < 1.29 is 4.79 Å².